The van der Waals surface area contributed by atoms with Gasteiger partial charge in [-0.05, 0) is 18.2 Å². The van der Waals surface area contributed by atoms with Crippen molar-refractivity contribution in [1.29, 1.82) is 0 Å². The lowest BCUT2D eigenvalue weighted by Crippen LogP contribution is -1.98. The maximum atomic E-state index is 11.0. The van der Waals surface area contributed by atoms with E-state index in [1.165, 1.54) is 0 Å². The van der Waals surface area contributed by atoms with Gasteiger partial charge in [0.2, 0.25) is 0 Å². The smallest absolute Gasteiger partial charge is 0.173 e. The Kier molecular flexibility index (Phi) is 4.86. The van der Waals surface area contributed by atoms with E-state index in [4.69, 9.17) is 0 Å². The number of pyridine rings is 1. The van der Waals surface area contributed by atoms with Crippen molar-refractivity contribution in [2.24, 2.45) is 0 Å². The summed E-state index contributed by atoms with van der Waals surface area (Å²) >= 11 is 3.10. The van der Waals surface area contributed by atoms with Gasteiger partial charge in [0.15, 0.2) is 5.78 Å². The third kappa shape index (κ3) is 3.76. The number of hydrogen-bond donors (Lipinski definition) is 1. The predicted octanol–water partition coefficient (Wildman–Crippen LogP) is 3.83. The number of nitrogens with one attached hydrogen (secondary N) is 1. The molecule has 0 fully saturated rings. The molecule has 0 bridgehead atoms. The minimum absolute atomic E-state index is 0.126. The number of aromatic nitrogens is 2. The molecule has 0 aliphatic rings. The molecule has 2 aromatic heterocycles. The van der Waals surface area contributed by atoms with Crippen molar-refractivity contribution >= 4 is 32.7 Å². The minimum Gasteiger partial charge on any atom is -0.346 e. The molecule has 1 aromatic carbocycles. The molecule has 0 saturated carbocycles. The molecule has 0 amide bonds. The third-order valence-electron chi connectivity index (χ3n) is 2.54. The van der Waals surface area contributed by atoms with Gasteiger partial charge in [-0.3, -0.25) is 4.79 Å². The Morgan fingerprint density at radius 1 is 1.11 bits per heavy atom. The highest BCUT2D eigenvalue weighted by Gasteiger charge is 1.99. The molecular weight excluding hydrogens is 304 g/mol. The number of ketones is 1. The van der Waals surface area contributed by atoms with E-state index >= 15 is 0 Å². The molecule has 0 spiro atoms. The Hall–Kier alpha value is -1.94. The second-order valence-corrected chi connectivity index (χ2v) is 4.40. The van der Waals surface area contributed by atoms with E-state index in [1.54, 1.807) is 6.20 Å². The summed E-state index contributed by atoms with van der Waals surface area (Å²) in [6.07, 6.45) is 3.66. The second kappa shape index (κ2) is 6.85. The first-order chi connectivity index (χ1) is 9.31. The van der Waals surface area contributed by atoms with Crippen LogP contribution in [0.1, 0.15) is 10.4 Å². The largest absolute Gasteiger partial charge is 0.346 e. The number of rotatable bonds is 2. The van der Waals surface area contributed by atoms with Crippen LogP contribution in [-0.4, -0.2) is 21.1 Å². The summed E-state index contributed by atoms with van der Waals surface area (Å²) in [4.78, 5) is 18.1. The van der Waals surface area contributed by atoms with E-state index in [0.717, 1.165) is 16.6 Å². The summed E-state index contributed by atoms with van der Waals surface area (Å²) < 4.78 is 0. The van der Waals surface area contributed by atoms with E-state index in [1.807, 2.05) is 54.7 Å². The zero-order valence-corrected chi connectivity index (χ0v) is 11.8. The van der Waals surface area contributed by atoms with Crippen LogP contribution in [0.4, 0.5) is 0 Å². The molecule has 0 atom stereocenters. The lowest BCUT2D eigenvalue weighted by molar-refractivity contribution is 0.102. The Bertz CT molecular complexity index is 619. The summed E-state index contributed by atoms with van der Waals surface area (Å²) in [5.41, 5.74) is 1.72. The Morgan fingerprint density at radius 2 is 1.89 bits per heavy atom. The summed E-state index contributed by atoms with van der Waals surface area (Å²) in [7, 11) is 0. The normalized spacial score (nSPS) is 9.74. The number of aromatic amines is 1. The van der Waals surface area contributed by atoms with Crippen LogP contribution in [0.25, 0.3) is 11.0 Å². The Balaban J connectivity index is 0.000000141. The van der Waals surface area contributed by atoms with Crippen LogP contribution >= 0.6 is 15.9 Å². The zero-order chi connectivity index (χ0) is 13.5. The van der Waals surface area contributed by atoms with Gasteiger partial charge in [0.1, 0.15) is 5.65 Å². The molecule has 96 valence electrons. The van der Waals surface area contributed by atoms with E-state index in [-0.39, 0.29) is 5.78 Å². The first-order valence-electron chi connectivity index (χ1n) is 5.83. The van der Waals surface area contributed by atoms with Crippen molar-refractivity contribution in [2.75, 3.05) is 5.33 Å². The molecule has 0 radical (unpaired) electrons. The van der Waals surface area contributed by atoms with E-state index in [0.29, 0.717) is 5.33 Å². The van der Waals surface area contributed by atoms with Crippen LogP contribution in [0.15, 0.2) is 60.9 Å². The minimum atomic E-state index is 0.126. The summed E-state index contributed by atoms with van der Waals surface area (Å²) in [5, 5.41) is 1.56. The zero-order valence-electron chi connectivity index (χ0n) is 10.2. The number of fused-ring (bicyclic) bond motifs is 1. The molecule has 1 N–H and O–H groups in total. The van der Waals surface area contributed by atoms with Crippen LogP contribution in [0, 0.1) is 0 Å². The summed E-state index contributed by atoms with van der Waals surface area (Å²) in [5.74, 6) is 0.126. The molecule has 4 heteroatoms. The topological polar surface area (TPSA) is 45.8 Å². The van der Waals surface area contributed by atoms with Crippen molar-refractivity contribution in [3.63, 3.8) is 0 Å². The molecule has 0 aliphatic heterocycles. The quantitative estimate of drug-likeness (QED) is 0.577. The predicted molar refractivity (Wildman–Crippen MR) is 80.7 cm³/mol. The van der Waals surface area contributed by atoms with Gasteiger partial charge in [-0.25, -0.2) is 4.98 Å². The van der Waals surface area contributed by atoms with E-state index in [9.17, 15) is 4.79 Å². The molecule has 19 heavy (non-hydrogen) atoms. The fourth-order valence-electron chi connectivity index (χ4n) is 1.58. The van der Waals surface area contributed by atoms with Crippen LogP contribution in [-0.2, 0) is 0 Å². The second-order valence-electron chi connectivity index (χ2n) is 3.84. The van der Waals surface area contributed by atoms with Gasteiger partial charge >= 0.3 is 0 Å². The summed E-state index contributed by atoms with van der Waals surface area (Å²) in [6, 6.07) is 15.2. The molecule has 0 saturated heterocycles. The van der Waals surface area contributed by atoms with Gasteiger partial charge < -0.3 is 4.98 Å². The maximum Gasteiger partial charge on any atom is 0.173 e. The Labute approximate surface area is 119 Å². The number of carbonyl (C=O) groups excluding carboxylic acids is 1. The fourth-order valence-corrected chi connectivity index (χ4v) is 1.91. The maximum absolute atomic E-state index is 11.0. The van der Waals surface area contributed by atoms with Gasteiger partial charge in [-0.15, -0.1) is 0 Å². The SMILES string of the molecule is O=C(CBr)c1ccccc1.c1cnc2[nH]ccc2c1. The van der Waals surface area contributed by atoms with Crippen LogP contribution in [0.3, 0.4) is 0 Å². The molecule has 3 rings (SSSR count). The molecule has 3 nitrogen and oxygen atoms in total. The molecule has 0 unspecified atom stereocenters. The highest BCUT2D eigenvalue weighted by atomic mass is 79.9. The van der Waals surface area contributed by atoms with Crippen molar-refractivity contribution in [3.05, 3.63) is 66.5 Å². The van der Waals surface area contributed by atoms with Gasteiger partial charge in [-0.1, -0.05) is 46.3 Å². The average Bonchev–Trinajstić information content (AvgIpc) is 2.96. The number of H-pyrrole nitrogens is 1. The number of alkyl halides is 1. The van der Waals surface area contributed by atoms with E-state index < -0.39 is 0 Å². The third-order valence-corrected chi connectivity index (χ3v) is 3.05. The van der Waals surface area contributed by atoms with Gasteiger partial charge in [0.25, 0.3) is 0 Å². The standard InChI is InChI=1S/C8H7BrO.C7H6N2/c9-6-8(10)7-4-2-1-3-5-7;1-2-6-3-5-9-7(6)8-4-1/h1-5H,6H2;1-5H,(H,8,9). The summed E-state index contributed by atoms with van der Waals surface area (Å²) in [6.45, 7) is 0. The first kappa shape index (κ1) is 13.5. The average molecular weight is 317 g/mol. The lowest BCUT2D eigenvalue weighted by Gasteiger charge is -1.92. The number of halogens is 1. The number of hydrogen-bond acceptors (Lipinski definition) is 2. The van der Waals surface area contributed by atoms with E-state index in [2.05, 4.69) is 25.9 Å². The number of benzene rings is 1. The fraction of sp³-hybridized carbons (Fsp3) is 0.0667. The number of nitrogens with zero attached hydrogens (tertiary/aromatic N) is 1. The molecule has 0 aliphatic carbocycles. The lowest BCUT2D eigenvalue weighted by atomic mass is 10.2. The van der Waals surface area contributed by atoms with Crippen molar-refractivity contribution in [3.8, 4) is 0 Å². The monoisotopic (exact) mass is 316 g/mol. The molecule has 3 aromatic rings. The van der Waals surface area contributed by atoms with Crippen LogP contribution < -0.4 is 0 Å². The van der Waals surface area contributed by atoms with Crippen LogP contribution in [0.2, 0.25) is 0 Å². The van der Waals surface area contributed by atoms with Crippen LogP contribution in [0.5, 0.6) is 0 Å². The highest BCUT2D eigenvalue weighted by molar-refractivity contribution is 9.09. The number of carbonyl (C=O) groups is 1. The molecular formula is C15H13BrN2O. The van der Waals surface area contributed by atoms with Gasteiger partial charge in [0.05, 0.1) is 5.33 Å². The van der Waals surface area contributed by atoms with Gasteiger partial charge in [0, 0.05) is 23.3 Å². The highest BCUT2D eigenvalue weighted by Crippen LogP contribution is 2.05. The molecule has 2 heterocycles. The first-order valence-corrected chi connectivity index (χ1v) is 6.95. The van der Waals surface area contributed by atoms with Crippen molar-refractivity contribution in [2.45, 2.75) is 0 Å². The number of Topliss-reactive ketones (excluding diaryl/α,β-unsaturated/α-hetero) is 1. The Morgan fingerprint density at radius 3 is 2.58 bits per heavy atom. The van der Waals surface area contributed by atoms with Crippen molar-refractivity contribution < 1.29 is 4.79 Å². The van der Waals surface area contributed by atoms with Gasteiger partial charge in [-0.2, -0.15) is 0 Å². The van der Waals surface area contributed by atoms with Crippen molar-refractivity contribution in [1.82, 2.24) is 9.97 Å².